The number of rotatable bonds is 6. The summed E-state index contributed by atoms with van der Waals surface area (Å²) in [5.41, 5.74) is 5.80. The van der Waals surface area contributed by atoms with Gasteiger partial charge in [0.15, 0.2) is 5.82 Å². The number of anilines is 3. The summed E-state index contributed by atoms with van der Waals surface area (Å²) >= 11 is 0. The van der Waals surface area contributed by atoms with E-state index in [2.05, 4.69) is 39.6 Å². The number of carbonyl (C=O) groups is 1. The Morgan fingerprint density at radius 3 is 2.37 bits per heavy atom. The number of aromatic nitrogens is 4. The van der Waals surface area contributed by atoms with Crippen LogP contribution >= 0.6 is 0 Å². The van der Waals surface area contributed by atoms with Crippen molar-refractivity contribution in [3.05, 3.63) is 101 Å². The molecule has 3 aromatic carbocycles. The molecule has 0 saturated carbocycles. The second kappa shape index (κ2) is 11.7. The maximum atomic E-state index is 13.4. The van der Waals surface area contributed by atoms with Crippen LogP contribution in [0.5, 0.6) is 0 Å². The Bertz CT molecular complexity index is 1930. The summed E-state index contributed by atoms with van der Waals surface area (Å²) in [7, 11) is 1.77. The summed E-state index contributed by atoms with van der Waals surface area (Å²) in [4.78, 5) is 35.1. The first-order valence-corrected chi connectivity index (χ1v) is 15.8. The molecule has 0 spiro atoms. The smallest absolute Gasteiger partial charge is 0.410 e. The predicted molar refractivity (Wildman–Crippen MR) is 181 cm³/mol. The second-order valence-corrected chi connectivity index (χ2v) is 13.3. The number of benzene rings is 3. The molecule has 2 bridgehead atoms. The van der Waals surface area contributed by atoms with Crippen molar-refractivity contribution in [2.45, 2.75) is 57.8 Å². The summed E-state index contributed by atoms with van der Waals surface area (Å²) in [6.45, 7) is 7.69. The number of hydrogen-bond acceptors (Lipinski definition) is 7. The lowest BCUT2D eigenvalue weighted by molar-refractivity contribution is 0.0209. The lowest BCUT2D eigenvalue weighted by atomic mass is 10.1. The van der Waals surface area contributed by atoms with Crippen LogP contribution in [0.4, 0.5) is 22.0 Å². The molecule has 2 aliphatic heterocycles. The van der Waals surface area contributed by atoms with Crippen molar-refractivity contribution >= 4 is 34.3 Å². The van der Waals surface area contributed by atoms with E-state index in [0.717, 1.165) is 46.4 Å². The van der Waals surface area contributed by atoms with Crippen LogP contribution in [0.1, 0.15) is 39.2 Å². The number of ether oxygens (including phenoxy) is 1. The van der Waals surface area contributed by atoms with E-state index >= 15 is 0 Å². The SMILES string of the molecule is Cn1c(=O)c(Nc2ccc(N3C4CCC3CN(C(=O)OC(C)(C)C)C4)cc2)nc2ccc(-c3cnn(Cc4ccccc4)c3)cc21. The van der Waals surface area contributed by atoms with Gasteiger partial charge in [-0.1, -0.05) is 36.4 Å². The highest BCUT2D eigenvalue weighted by atomic mass is 16.6. The predicted octanol–water partition coefficient (Wildman–Crippen LogP) is 6.18. The average Bonchev–Trinajstić information content (AvgIpc) is 3.60. The topological polar surface area (TPSA) is 97.5 Å². The van der Waals surface area contributed by atoms with Crippen LogP contribution in [0.3, 0.4) is 0 Å². The van der Waals surface area contributed by atoms with E-state index in [-0.39, 0.29) is 29.6 Å². The number of aryl methyl sites for hydroxylation is 1. The van der Waals surface area contributed by atoms with Gasteiger partial charge >= 0.3 is 6.09 Å². The van der Waals surface area contributed by atoms with Gasteiger partial charge in [0.05, 0.1) is 23.8 Å². The van der Waals surface area contributed by atoms with E-state index in [4.69, 9.17) is 9.72 Å². The molecule has 1 amide bonds. The van der Waals surface area contributed by atoms with E-state index < -0.39 is 5.60 Å². The quantitative estimate of drug-likeness (QED) is 0.243. The van der Waals surface area contributed by atoms with Gasteiger partial charge in [0.25, 0.3) is 5.56 Å². The third-order valence-corrected chi connectivity index (χ3v) is 8.79. The number of carbonyl (C=O) groups excluding carboxylic acids is 1. The molecule has 2 atom stereocenters. The molecular formula is C36H39N7O3. The number of piperazine rings is 1. The van der Waals surface area contributed by atoms with Crippen LogP contribution in [0.25, 0.3) is 22.2 Å². The van der Waals surface area contributed by atoms with Gasteiger partial charge in [0.2, 0.25) is 0 Å². The summed E-state index contributed by atoms with van der Waals surface area (Å²) in [6, 6.07) is 24.8. The van der Waals surface area contributed by atoms with E-state index in [1.165, 1.54) is 5.56 Å². The van der Waals surface area contributed by atoms with Crippen molar-refractivity contribution in [3.63, 3.8) is 0 Å². The molecule has 10 nitrogen and oxygen atoms in total. The van der Waals surface area contributed by atoms with E-state index in [9.17, 15) is 9.59 Å². The lowest BCUT2D eigenvalue weighted by Gasteiger charge is -2.42. The number of hydrogen-bond donors (Lipinski definition) is 1. The number of nitrogens with one attached hydrogen (secondary N) is 1. The largest absolute Gasteiger partial charge is 0.444 e. The molecule has 236 valence electrons. The molecule has 2 saturated heterocycles. The van der Waals surface area contributed by atoms with Crippen LogP contribution in [0, 0.1) is 0 Å². The van der Waals surface area contributed by atoms with Crippen molar-refractivity contribution in [2.75, 3.05) is 23.3 Å². The number of likely N-dealkylation sites (tertiary alicyclic amines) is 1. The molecule has 5 aromatic rings. The molecule has 46 heavy (non-hydrogen) atoms. The fourth-order valence-corrected chi connectivity index (χ4v) is 6.61. The molecule has 2 unspecified atom stereocenters. The highest BCUT2D eigenvalue weighted by Crippen LogP contribution is 2.36. The molecule has 1 N–H and O–H groups in total. The van der Waals surface area contributed by atoms with E-state index in [1.807, 2.05) is 91.3 Å². The molecular weight excluding hydrogens is 578 g/mol. The van der Waals surface area contributed by atoms with Gasteiger partial charge in [0.1, 0.15) is 5.60 Å². The summed E-state index contributed by atoms with van der Waals surface area (Å²) in [5, 5.41) is 7.78. The average molecular weight is 618 g/mol. The minimum absolute atomic E-state index is 0.204. The Morgan fingerprint density at radius 1 is 0.957 bits per heavy atom. The summed E-state index contributed by atoms with van der Waals surface area (Å²) in [5.74, 6) is 0.275. The number of amides is 1. The molecule has 0 aliphatic carbocycles. The Kier molecular flexibility index (Phi) is 7.50. The van der Waals surface area contributed by atoms with Crippen LogP contribution in [-0.4, -0.2) is 61.1 Å². The molecule has 2 aliphatic rings. The van der Waals surface area contributed by atoms with Crippen LogP contribution in [-0.2, 0) is 18.3 Å². The third kappa shape index (κ3) is 5.94. The van der Waals surface area contributed by atoms with Crippen LogP contribution in [0.2, 0.25) is 0 Å². The van der Waals surface area contributed by atoms with Gasteiger partial charge in [0, 0.05) is 55.4 Å². The molecule has 4 heterocycles. The number of fused-ring (bicyclic) bond motifs is 3. The van der Waals surface area contributed by atoms with Crippen molar-refractivity contribution < 1.29 is 9.53 Å². The van der Waals surface area contributed by atoms with Gasteiger partial charge in [-0.25, -0.2) is 9.78 Å². The zero-order valence-corrected chi connectivity index (χ0v) is 26.7. The van der Waals surface area contributed by atoms with Gasteiger partial charge < -0.3 is 24.4 Å². The fraction of sp³-hybridized carbons (Fsp3) is 0.333. The van der Waals surface area contributed by atoms with Gasteiger partial charge in [-0.05, 0) is 81.1 Å². The third-order valence-electron chi connectivity index (χ3n) is 8.79. The molecule has 10 heteroatoms. The minimum atomic E-state index is -0.506. The monoisotopic (exact) mass is 617 g/mol. The molecule has 2 aromatic heterocycles. The van der Waals surface area contributed by atoms with Crippen LogP contribution < -0.4 is 15.8 Å². The van der Waals surface area contributed by atoms with Gasteiger partial charge in [-0.15, -0.1) is 0 Å². The van der Waals surface area contributed by atoms with Crippen LogP contribution in [0.15, 0.2) is 90.0 Å². The Hall–Kier alpha value is -5.12. The maximum absolute atomic E-state index is 13.4. The van der Waals surface area contributed by atoms with Crippen molar-refractivity contribution in [1.82, 2.24) is 24.2 Å². The highest BCUT2D eigenvalue weighted by Gasteiger charge is 2.42. The van der Waals surface area contributed by atoms with Crippen molar-refractivity contribution in [2.24, 2.45) is 7.05 Å². The summed E-state index contributed by atoms with van der Waals surface area (Å²) in [6.07, 6.45) is 5.71. The highest BCUT2D eigenvalue weighted by molar-refractivity contribution is 5.83. The van der Waals surface area contributed by atoms with Gasteiger partial charge in [-0.2, -0.15) is 5.10 Å². The van der Waals surface area contributed by atoms with E-state index in [0.29, 0.717) is 19.6 Å². The normalized spacial score (nSPS) is 17.8. The summed E-state index contributed by atoms with van der Waals surface area (Å²) < 4.78 is 9.18. The first-order valence-electron chi connectivity index (χ1n) is 15.8. The van der Waals surface area contributed by atoms with Gasteiger partial charge in [-0.3, -0.25) is 9.48 Å². The Labute approximate surface area is 268 Å². The first-order chi connectivity index (χ1) is 22.1. The fourth-order valence-electron chi connectivity index (χ4n) is 6.61. The lowest BCUT2D eigenvalue weighted by Crippen LogP contribution is -2.56. The second-order valence-electron chi connectivity index (χ2n) is 13.3. The van der Waals surface area contributed by atoms with E-state index in [1.54, 1.807) is 11.6 Å². The molecule has 2 fully saturated rings. The standard InChI is InChI=1S/C36H39N7O3/c1-36(2,3)46-35(45)41-22-29-15-16-30(23-41)43(29)28-13-11-27(12-14-28)38-33-34(44)40(4)32-18-25(10-17-31(32)39-33)26-19-37-42(21-26)20-24-8-6-5-7-9-24/h5-14,17-19,21,29-30H,15-16,20,22-23H2,1-4H3,(H,38,39). The Balaban J connectivity index is 1.05. The first kappa shape index (κ1) is 29.6. The minimum Gasteiger partial charge on any atom is -0.444 e. The van der Waals surface area contributed by atoms with Crippen molar-refractivity contribution in [3.8, 4) is 11.1 Å². The Morgan fingerprint density at radius 2 is 1.67 bits per heavy atom. The maximum Gasteiger partial charge on any atom is 0.410 e. The molecule has 0 radical (unpaired) electrons. The van der Waals surface area contributed by atoms with Crippen molar-refractivity contribution in [1.29, 1.82) is 0 Å². The zero-order chi connectivity index (χ0) is 32.0. The zero-order valence-electron chi connectivity index (χ0n) is 26.7. The number of nitrogens with zero attached hydrogens (tertiary/aromatic N) is 6. The molecule has 7 rings (SSSR count).